The van der Waals surface area contributed by atoms with Crippen molar-refractivity contribution in [2.75, 3.05) is 26.2 Å². The van der Waals surface area contributed by atoms with Crippen LogP contribution in [0.3, 0.4) is 0 Å². The molecule has 0 radical (unpaired) electrons. The minimum absolute atomic E-state index is 0.107. The van der Waals surface area contributed by atoms with E-state index in [1.165, 1.54) is 4.90 Å². The van der Waals surface area contributed by atoms with Crippen LogP contribution in [0, 0.1) is 0 Å². The average molecular weight is 288 g/mol. The van der Waals surface area contributed by atoms with Gasteiger partial charge in [0, 0.05) is 19.5 Å². The van der Waals surface area contributed by atoms with Gasteiger partial charge in [-0.1, -0.05) is 30.3 Å². The van der Waals surface area contributed by atoms with Gasteiger partial charge in [0.05, 0.1) is 24.7 Å². The minimum Gasteiger partial charge on any atom is -0.374 e. The first-order valence-electron chi connectivity index (χ1n) is 7.34. The van der Waals surface area contributed by atoms with Crippen molar-refractivity contribution in [2.24, 2.45) is 0 Å². The summed E-state index contributed by atoms with van der Waals surface area (Å²) in [6.45, 7) is 4.31. The molecule has 1 aromatic rings. The first kappa shape index (κ1) is 14.2. The first-order chi connectivity index (χ1) is 10.1. The highest BCUT2D eigenvalue weighted by Gasteiger charge is 2.49. The molecule has 2 unspecified atom stereocenters. The highest BCUT2D eigenvalue weighted by molar-refractivity contribution is 6.08. The molecule has 2 fully saturated rings. The maximum absolute atomic E-state index is 12.7. The van der Waals surface area contributed by atoms with Crippen molar-refractivity contribution < 1.29 is 14.3 Å². The molecule has 21 heavy (non-hydrogen) atoms. The molecule has 2 aliphatic heterocycles. The fourth-order valence-corrected chi connectivity index (χ4v) is 3.04. The first-order valence-corrected chi connectivity index (χ1v) is 7.34. The van der Waals surface area contributed by atoms with Gasteiger partial charge in [-0.2, -0.15) is 0 Å². The summed E-state index contributed by atoms with van der Waals surface area (Å²) in [4.78, 5) is 26.4. The fourth-order valence-electron chi connectivity index (χ4n) is 3.04. The van der Waals surface area contributed by atoms with Crippen molar-refractivity contribution in [1.29, 1.82) is 0 Å². The molecule has 0 saturated carbocycles. The van der Waals surface area contributed by atoms with E-state index in [-0.39, 0.29) is 24.3 Å². The Morgan fingerprint density at radius 2 is 2.10 bits per heavy atom. The number of carbonyl (C=O) groups is 2. The summed E-state index contributed by atoms with van der Waals surface area (Å²) in [7, 11) is 0. The molecule has 1 N–H and O–H groups in total. The van der Waals surface area contributed by atoms with E-state index in [4.69, 9.17) is 4.74 Å². The molecule has 0 spiro atoms. The summed E-state index contributed by atoms with van der Waals surface area (Å²) in [6.07, 6.45) is 0.125. The number of nitrogens with zero attached hydrogens (tertiary/aromatic N) is 1. The van der Waals surface area contributed by atoms with Crippen LogP contribution in [0.1, 0.15) is 18.9 Å². The van der Waals surface area contributed by atoms with Gasteiger partial charge in [0.15, 0.2) is 0 Å². The second kappa shape index (κ2) is 5.58. The number of hydrogen-bond donors (Lipinski definition) is 1. The van der Waals surface area contributed by atoms with E-state index < -0.39 is 5.41 Å². The summed E-state index contributed by atoms with van der Waals surface area (Å²) in [6, 6.07) is 9.53. The molecule has 2 atom stereocenters. The Hall–Kier alpha value is -1.72. The number of nitrogens with one attached hydrogen (secondary N) is 1. The number of hydrogen-bond acceptors (Lipinski definition) is 4. The number of morpholine rings is 1. The van der Waals surface area contributed by atoms with Gasteiger partial charge in [-0.05, 0) is 12.5 Å². The zero-order valence-electron chi connectivity index (χ0n) is 12.2. The molecule has 5 nitrogen and oxygen atoms in total. The van der Waals surface area contributed by atoms with E-state index in [1.54, 1.807) is 0 Å². The van der Waals surface area contributed by atoms with Crippen molar-refractivity contribution in [2.45, 2.75) is 24.9 Å². The predicted molar refractivity (Wildman–Crippen MR) is 77.7 cm³/mol. The lowest BCUT2D eigenvalue weighted by Gasteiger charge is -2.28. The van der Waals surface area contributed by atoms with E-state index in [9.17, 15) is 9.59 Å². The second-order valence-corrected chi connectivity index (χ2v) is 5.88. The monoisotopic (exact) mass is 288 g/mol. The van der Waals surface area contributed by atoms with Crippen LogP contribution in [0.5, 0.6) is 0 Å². The van der Waals surface area contributed by atoms with Crippen molar-refractivity contribution in [1.82, 2.24) is 10.2 Å². The number of rotatable bonds is 3. The Bertz CT molecular complexity index is 540. The molecule has 112 valence electrons. The molecule has 3 rings (SSSR count). The molecule has 0 bridgehead atoms. The van der Waals surface area contributed by atoms with Gasteiger partial charge in [-0.15, -0.1) is 0 Å². The number of ether oxygens (including phenoxy) is 1. The van der Waals surface area contributed by atoms with E-state index in [0.29, 0.717) is 19.7 Å². The predicted octanol–water partition coefficient (Wildman–Crippen LogP) is 0.692. The van der Waals surface area contributed by atoms with Gasteiger partial charge >= 0.3 is 0 Å². The zero-order chi connectivity index (χ0) is 14.9. The molecule has 0 aromatic heterocycles. The van der Waals surface area contributed by atoms with Crippen molar-refractivity contribution >= 4 is 11.8 Å². The largest absolute Gasteiger partial charge is 0.374 e. The third-order valence-electron chi connectivity index (χ3n) is 4.32. The van der Waals surface area contributed by atoms with E-state index in [2.05, 4.69) is 5.32 Å². The lowest BCUT2D eigenvalue weighted by Crippen LogP contribution is -2.48. The Balaban J connectivity index is 1.78. The van der Waals surface area contributed by atoms with Crippen LogP contribution in [0.25, 0.3) is 0 Å². The quantitative estimate of drug-likeness (QED) is 0.832. The molecule has 0 aliphatic carbocycles. The summed E-state index contributed by atoms with van der Waals surface area (Å²) in [5.41, 5.74) is 0.147. The summed E-state index contributed by atoms with van der Waals surface area (Å²) < 4.78 is 5.60. The van der Waals surface area contributed by atoms with Crippen LogP contribution in [0.15, 0.2) is 30.3 Å². The molecule has 1 aromatic carbocycles. The van der Waals surface area contributed by atoms with E-state index in [0.717, 1.165) is 12.1 Å². The average Bonchev–Trinajstić information content (AvgIpc) is 2.74. The zero-order valence-corrected chi connectivity index (χ0v) is 12.2. The molecule has 5 heteroatoms. The summed E-state index contributed by atoms with van der Waals surface area (Å²) in [5, 5.41) is 3.22. The van der Waals surface area contributed by atoms with Crippen LogP contribution in [0.2, 0.25) is 0 Å². The van der Waals surface area contributed by atoms with Gasteiger partial charge in [-0.25, -0.2) is 0 Å². The van der Waals surface area contributed by atoms with Crippen LogP contribution < -0.4 is 5.32 Å². The lowest BCUT2D eigenvalue weighted by molar-refractivity contribution is -0.142. The standard InChI is InChI=1S/C16H20N2O3/c1-16(12-5-3-2-4-6-12)9-14(19)18(15(16)20)11-13-10-17-7-8-21-13/h2-6,13,17H,7-11H2,1H3. The fraction of sp³-hybridized carbons (Fsp3) is 0.500. The molecular weight excluding hydrogens is 268 g/mol. The number of amides is 2. The van der Waals surface area contributed by atoms with Crippen molar-refractivity contribution in [3.8, 4) is 0 Å². The summed E-state index contributed by atoms with van der Waals surface area (Å²) in [5.74, 6) is -0.228. The van der Waals surface area contributed by atoms with Gasteiger partial charge in [0.2, 0.25) is 11.8 Å². The molecule has 2 heterocycles. The molecular formula is C16H20N2O3. The van der Waals surface area contributed by atoms with Crippen molar-refractivity contribution in [3.05, 3.63) is 35.9 Å². The van der Waals surface area contributed by atoms with Crippen LogP contribution in [-0.4, -0.2) is 49.1 Å². The van der Waals surface area contributed by atoms with Crippen LogP contribution >= 0.6 is 0 Å². The van der Waals surface area contributed by atoms with Crippen LogP contribution in [-0.2, 0) is 19.7 Å². The third kappa shape index (κ3) is 2.59. The smallest absolute Gasteiger partial charge is 0.240 e. The number of imide groups is 1. The van der Waals surface area contributed by atoms with Crippen LogP contribution in [0.4, 0.5) is 0 Å². The lowest BCUT2D eigenvalue weighted by atomic mass is 9.81. The van der Waals surface area contributed by atoms with Gasteiger partial charge in [-0.3, -0.25) is 14.5 Å². The topological polar surface area (TPSA) is 58.6 Å². The van der Waals surface area contributed by atoms with Crippen molar-refractivity contribution in [3.63, 3.8) is 0 Å². The number of carbonyl (C=O) groups excluding carboxylic acids is 2. The Morgan fingerprint density at radius 3 is 2.76 bits per heavy atom. The highest BCUT2D eigenvalue weighted by atomic mass is 16.5. The molecule has 2 amide bonds. The maximum atomic E-state index is 12.7. The van der Waals surface area contributed by atoms with E-state index >= 15 is 0 Å². The Morgan fingerprint density at radius 1 is 1.33 bits per heavy atom. The maximum Gasteiger partial charge on any atom is 0.240 e. The summed E-state index contributed by atoms with van der Waals surface area (Å²) >= 11 is 0. The highest BCUT2D eigenvalue weighted by Crippen LogP contribution is 2.36. The Kier molecular flexibility index (Phi) is 3.78. The number of benzene rings is 1. The van der Waals surface area contributed by atoms with Gasteiger partial charge < -0.3 is 10.1 Å². The second-order valence-electron chi connectivity index (χ2n) is 5.88. The Labute approximate surface area is 124 Å². The molecule has 2 saturated heterocycles. The van der Waals surface area contributed by atoms with E-state index in [1.807, 2.05) is 37.3 Å². The normalized spacial score (nSPS) is 30.0. The SMILES string of the molecule is CC1(c2ccccc2)CC(=O)N(CC2CNCCO2)C1=O. The number of likely N-dealkylation sites (tertiary alicyclic amines) is 1. The third-order valence-corrected chi connectivity index (χ3v) is 4.32. The van der Waals surface area contributed by atoms with Gasteiger partial charge in [0.25, 0.3) is 0 Å². The van der Waals surface area contributed by atoms with Gasteiger partial charge in [0.1, 0.15) is 0 Å². The molecule has 2 aliphatic rings. The minimum atomic E-state index is -0.750.